The van der Waals surface area contributed by atoms with Gasteiger partial charge in [0.1, 0.15) is 11.6 Å². The van der Waals surface area contributed by atoms with Gasteiger partial charge in [-0.3, -0.25) is 0 Å². The van der Waals surface area contributed by atoms with Gasteiger partial charge in [0.25, 0.3) is 0 Å². The highest BCUT2D eigenvalue weighted by Gasteiger charge is 2.24. The van der Waals surface area contributed by atoms with Crippen molar-refractivity contribution >= 4 is 50.3 Å². The highest BCUT2D eigenvalue weighted by Crippen LogP contribution is 2.28. The van der Waals surface area contributed by atoms with Crippen molar-refractivity contribution in [1.82, 2.24) is 9.29 Å². The molecule has 0 saturated carbocycles. The van der Waals surface area contributed by atoms with Gasteiger partial charge in [-0.2, -0.15) is 4.31 Å². The first-order valence-electron chi connectivity index (χ1n) is 8.82. The number of nitrogens with zero attached hydrogens (tertiary/aromatic N) is 2. The predicted octanol–water partition coefficient (Wildman–Crippen LogP) is 4.91. The van der Waals surface area contributed by atoms with Crippen molar-refractivity contribution in [3.8, 4) is 9.88 Å². The smallest absolute Gasteiger partial charge is 0.340 e. The zero-order valence-corrected chi connectivity index (χ0v) is 19.0. The van der Waals surface area contributed by atoms with Crippen LogP contribution in [-0.4, -0.2) is 36.8 Å². The Balaban J connectivity index is 1.76. The van der Waals surface area contributed by atoms with Gasteiger partial charge < -0.3 is 4.74 Å². The number of carbonyl (C=O) groups excluding carboxylic acids is 1. The van der Waals surface area contributed by atoms with E-state index in [2.05, 4.69) is 4.98 Å². The highest BCUT2D eigenvalue weighted by molar-refractivity contribution is 7.89. The summed E-state index contributed by atoms with van der Waals surface area (Å²) >= 11 is 9.17. The van der Waals surface area contributed by atoms with E-state index in [4.69, 9.17) is 16.3 Å². The molecule has 1 aromatic carbocycles. The van der Waals surface area contributed by atoms with Crippen LogP contribution in [0.5, 0.6) is 0 Å². The number of hydrogen-bond acceptors (Lipinski definition) is 7. The Kier molecular flexibility index (Phi) is 7.07. The first-order chi connectivity index (χ1) is 13.9. The standard InChI is InChI=1S/C19H19ClN2O4S3/c1-3-22(4-2)29(24,25)14-7-8-16(20)15(10-14)19(23)26-11-13-12-28-18(21-13)17-6-5-9-27-17/h5-10,12H,3-4,11H2,1-2H3. The zero-order chi connectivity index (χ0) is 21.0. The Bertz CT molecular complexity index is 1090. The summed E-state index contributed by atoms with van der Waals surface area (Å²) in [5, 5.41) is 4.78. The van der Waals surface area contributed by atoms with Crippen LogP contribution in [-0.2, 0) is 21.4 Å². The number of thiophene rings is 1. The first-order valence-corrected chi connectivity index (χ1v) is 12.4. The number of esters is 1. The molecule has 0 aliphatic rings. The lowest BCUT2D eigenvalue weighted by atomic mass is 10.2. The molecule has 0 unspecified atom stereocenters. The zero-order valence-electron chi connectivity index (χ0n) is 15.8. The summed E-state index contributed by atoms with van der Waals surface area (Å²) in [5.41, 5.74) is 0.628. The van der Waals surface area contributed by atoms with Gasteiger partial charge in [-0.15, -0.1) is 22.7 Å². The maximum atomic E-state index is 12.7. The van der Waals surface area contributed by atoms with Crippen molar-refractivity contribution in [3.05, 3.63) is 57.4 Å². The number of halogens is 1. The molecule has 0 amide bonds. The second-order valence-corrected chi connectivity index (χ2v) is 10.1. The number of hydrogen-bond donors (Lipinski definition) is 0. The van der Waals surface area contributed by atoms with E-state index in [0.717, 1.165) is 9.88 Å². The third-order valence-electron chi connectivity index (χ3n) is 4.14. The lowest BCUT2D eigenvalue weighted by Crippen LogP contribution is -2.30. The normalized spacial score (nSPS) is 11.7. The molecule has 0 atom stereocenters. The molecule has 0 spiro atoms. The molecular formula is C19H19ClN2O4S3. The Morgan fingerprint density at radius 2 is 1.97 bits per heavy atom. The summed E-state index contributed by atoms with van der Waals surface area (Å²) in [6, 6.07) is 7.96. The Morgan fingerprint density at radius 3 is 2.62 bits per heavy atom. The molecule has 2 aromatic heterocycles. The van der Waals surface area contributed by atoms with E-state index in [1.54, 1.807) is 25.2 Å². The van der Waals surface area contributed by atoms with Gasteiger partial charge in [0, 0.05) is 18.5 Å². The molecule has 0 aliphatic carbocycles. The fraction of sp³-hybridized carbons (Fsp3) is 0.263. The van der Waals surface area contributed by atoms with Crippen LogP contribution < -0.4 is 0 Å². The quantitative estimate of drug-likeness (QED) is 0.437. The van der Waals surface area contributed by atoms with E-state index in [-0.39, 0.29) is 22.1 Å². The minimum atomic E-state index is -3.71. The molecule has 0 radical (unpaired) electrons. The van der Waals surface area contributed by atoms with Crippen LogP contribution in [0.4, 0.5) is 0 Å². The van der Waals surface area contributed by atoms with Gasteiger partial charge in [-0.05, 0) is 29.6 Å². The van der Waals surface area contributed by atoms with Gasteiger partial charge in [0.15, 0.2) is 0 Å². The van der Waals surface area contributed by atoms with Crippen LogP contribution in [0.2, 0.25) is 5.02 Å². The maximum absolute atomic E-state index is 12.7. The highest BCUT2D eigenvalue weighted by atomic mass is 35.5. The number of ether oxygens (including phenoxy) is 1. The molecule has 154 valence electrons. The number of sulfonamides is 1. The monoisotopic (exact) mass is 470 g/mol. The van der Waals surface area contributed by atoms with Gasteiger partial charge in [-0.25, -0.2) is 18.2 Å². The van der Waals surface area contributed by atoms with Gasteiger partial charge in [-0.1, -0.05) is 31.5 Å². The molecule has 0 aliphatic heterocycles. The van der Waals surface area contributed by atoms with E-state index in [0.29, 0.717) is 18.8 Å². The number of thiazole rings is 1. The van der Waals surface area contributed by atoms with Gasteiger partial charge in [0.2, 0.25) is 10.0 Å². The summed E-state index contributed by atoms with van der Waals surface area (Å²) in [5.74, 6) is -0.697. The van der Waals surface area contributed by atoms with Crippen molar-refractivity contribution in [2.24, 2.45) is 0 Å². The summed E-state index contributed by atoms with van der Waals surface area (Å²) in [4.78, 5) is 18.0. The van der Waals surface area contributed by atoms with Crippen LogP contribution in [0.15, 0.2) is 46.0 Å². The molecule has 3 aromatic rings. The van der Waals surface area contributed by atoms with Crippen LogP contribution in [0, 0.1) is 0 Å². The predicted molar refractivity (Wildman–Crippen MR) is 116 cm³/mol. The summed E-state index contributed by atoms with van der Waals surface area (Å²) in [7, 11) is -3.71. The van der Waals surface area contributed by atoms with Crippen molar-refractivity contribution in [3.63, 3.8) is 0 Å². The Morgan fingerprint density at radius 1 is 1.21 bits per heavy atom. The Labute approximate surface area is 182 Å². The Hall–Kier alpha value is -1.78. The number of benzene rings is 1. The molecule has 29 heavy (non-hydrogen) atoms. The topological polar surface area (TPSA) is 76.6 Å². The van der Waals surface area contributed by atoms with Crippen molar-refractivity contribution < 1.29 is 17.9 Å². The molecule has 2 heterocycles. The third kappa shape index (κ3) is 4.87. The van der Waals surface area contributed by atoms with Crippen molar-refractivity contribution in [2.75, 3.05) is 13.1 Å². The van der Waals surface area contributed by atoms with E-state index in [9.17, 15) is 13.2 Å². The molecule has 10 heteroatoms. The van der Waals surface area contributed by atoms with Crippen LogP contribution in [0.3, 0.4) is 0 Å². The van der Waals surface area contributed by atoms with Gasteiger partial charge >= 0.3 is 5.97 Å². The van der Waals surface area contributed by atoms with E-state index in [1.807, 2.05) is 22.9 Å². The second-order valence-electron chi connectivity index (χ2n) is 5.93. The lowest BCUT2D eigenvalue weighted by molar-refractivity contribution is 0.0468. The number of carbonyl (C=O) groups is 1. The number of aromatic nitrogens is 1. The minimum Gasteiger partial charge on any atom is -0.456 e. The van der Waals surface area contributed by atoms with Crippen molar-refractivity contribution in [2.45, 2.75) is 25.3 Å². The van der Waals surface area contributed by atoms with Crippen LogP contribution in [0.25, 0.3) is 9.88 Å². The maximum Gasteiger partial charge on any atom is 0.340 e. The lowest BCUT2D eigenvalue weighted by Gasteiger charge is -2.19. The fourth-order valence-electron chi connectivity index (χ4n) is 2.64. The van der Waals surface area contributed by atoms with Crippen molar-refractivity contribution in [1.29, 1.82) is 0 Å². The van der Waals surface area contributed by atoms with Crippen LogP contribution >= 0.6 is 34.3 Å². The average Bonchev–Trinajstić information content (AvgIpc) is 3.38. The van der Waals surface area contributed by atoms with E-state index >= 15 is 0 Å². The van der Waals surface area contributed by atoms with Crippen LogP contribution in [0.1, 0.15) is 29.9 Å². The molecule has 0 bridgehead atoms. The minimum absolute atomic E-state index is 0.00573. The molecular weight excluding hydrogens is 452 g/mol. The fourth-order valence-corrected chi connectivity index (χ4v) is 5.94. The summed E-state index contributed by atoms with van der Waals surface area (Å²) in [6.45, 7) is 4.15. The largest absolute Gasteiger partial charge is 0.456 e. The molecule has 0 saturated heterocycles. The summed E-state index contributed by atoms with van der Waals surface area (Å²) in [6.07, 6.45) is 0. The van der Waals surface area contributed by atoms with Gasteiger partial charge in [0.05, 0.1) is 26.1 Å². The molecule has 3 rings (SSSR count). The molecule has 0 fully saturated rings. The number of rotatable bonds is 8. The second kappa shape index (κ2) is 9.36. The first kappa shape index (κ1) is 21.9. The SMILES string of the molecule is CCN(CC)S(=O)(=O)c1ccc(Cl)c(C(=O)OCc2csc(-c3cccs3)n2)c1. The van der Waals surface area contributed by atoms with E-state index in [1.165, 1.54) is 33.8 Å². The summed E-state index contributed by atoms with van der Waals surface area (Å²) < 4.78 is 32.0. The third-order valence-corrected chi connectivity index (χ3v) is 8.44. The average molecular weight is 471 g/mol. The molecule has 6 nitrogen and oxygen atoms in total. The van der Waals surface area contributed by atoms with E-state index < -0.39 is 16.0 Å². The molecule has 0 N–H and O–H groups in total.